The summed E-state index contributed by atoms with van der Waals surface area (Å²) in [6.07, 6.45) is -3.97. The monoisotopic (exact) mass is 323 g/mol. The number of hydrogen-bond acceptors (Lipinski definition) is 1. The Morgan fingerprint density at radius 1 is 1.09 bits per heavy atom. The summed E-state index contributed by atoms with van der Waals surface area (Å²) in [4.78, 5) is 12.1. The van der Waals surface area contributed by atoms with E-state index in [0.717, 1.165) is 12.1 Å². The predicted octanol–water partition coefficient (Wildman–Crippen LogP) is 4.59. The van der Waals surface area contributed by atoms with E-state index >= 15 is 0 Å². The molecule has 1 aliphatic rings. The summed E-state index contributed by atoms with van der Waals surface area (Å²) in [5.74, 6) is -1.40. The van der Waals surface area contributed by atoms with Crippen molar-refractivity contribution in [3.8, 4) is 0 Å². The van der Waals surface area contributed by atoms with Crippen molar-refractivity contribution < 1.29 is 22.4 Å². The van der Waals surface area contributed by atoms with Crippen LogP contribution in [0.1, 0.15) is 23.5 Å². The molecule has 0 aliphatic heterocycles. The number of halogens is 4. The zero-order chi connectivity index (χ0) is 16.6. The van der Waals surface area contributed by atoms with Gasteiger partial charge in [0.15, 0.2) is 0 Å². The second kappa shape index (κ2) is 5.68. The molecule has 2 aromatic rings. The minimum atomic E-state index is -4.46. The van der Waals surface area contributed by atoms with Crippen LogP contribution < -0.4 is 5.32 Å². The molecule has 0 bridgehead atoms. The maximum absolute atomic E-state index is 13.7. The number of nitrogens with one attached hydrogen (secondary N) is 1. The van der Waals surface area contributed by atoms with E-state index in [0.29, 0.717) is 12.0 Å². The van der Waals surface area contributed by atoms with E-state index in [1.54, 1.807) is 18.2 Å². The number of carbonyl (C=O) groups is 1. The third-order valence-corrected chi connectivity index (χ3v) is 3.89. The van der Waals surface area contributed by atoms with Crippen LogP contribution in [-0.4, -0.2) is 5.91 Å². The lowest BCUT2D eigenvalue weighted by atomic mass is 10.1. The SMILES string of the molecule is O=C(Nc1cccc(C(F)(F)F)c1)C1CC1c1ccccc1F. The Morgan fingerprint density at radius 3 is 2.52 bits per heavy atom. The van der Waals surface area contributed by atoms with Gasteiger partial charge in [-0.05, 0) is 42.2 Å². The Morgan fingerprint density at radius 2 is 1.83 bits per heavy atom. The molecule has 120 valence electrons. The van der Waals surface area contributed by atoms with Gasteiger partial charge in [0.1, 0.15) is 5.82 Å². The van der Waals surface area contributed by atoms with Crippen LogP contribution in [0.5, 0.6) is 0 Å². The van der Waals surface area contributed by atoms with Gasteiger partial charge < -0.3 is 5.32 Å². The van der Waals surface area contributed by atoms with Crippen molar-refractivity contribution in [1.29, 1.82) is 0 Å². The molecular formula is C17H13F4NO. The first-order chi connectivity index (χ1) is 10.9. The van der Waals surface area contributed by atoms with Crippen molar-refractivity contribution >= 4 is 11.6 Å². The Kier molecular flexibility index (Phi) is 3.83. The van der Waals surface area contributed by atoms with Gasteiger partial charge in [-0.1, -0.05) is 24.3 Å². The van der Waals surface area contributed by atoms with Crippen LogP contribution in [-0.2, 0) is 11.0 Å². The van der Waals surface area contributed by atoms with Crippen LogP contribution in [0.25, 0.3) is 0 Å². The molecule has 0 radical (unpaired) electrons. The van der Waals surface area contributed by atoms with Crippen molar-refractivity contribution in [1.82, 2.24) is 0 Å². The van der Waals surface area contributed by atoms with Gasteiger partial charge in [0, 0.05) is 11.6 Å². The van der Waals surface area contributed by atoms with Gasteiger partial charge in [-0.15, -0.1) is 0 Å². The van der Waals surface area contributed by atoms with Gasteiger partial charge in [0.2, 0.25) is 5.91 Å². The summed E-state index contributed by atoms with van der Waals surface area (Å²) in [7, 11) is 0. The molecule has 1 aliphatic carbocycles. The third kappa shape index (κ3) is 3.36. The number of alkyl halides is 3. The molecule has 2 nitrogen and oxygen atoms in total. The van der Waals surface area contributed by atoms with E-state index in [9.17, 15) is 22.4 Å². The Bertz CT molecular complexity index is 741. The smallest absolute Gasteiger partial charge is 0.326 e. The van der Waals surface area contributed by atoms with Crippen LogP contribution in [0.3, 0.4) is 0 Å². The molecule has 3 rings (SSSR count). The largest absolute Gasteiger partial charge is 0.416 e. The molecule has 2 atom stereocenters. The lowest BCUT2D eigenvalue weighted by molar-refractivity contribution is -0.137. The Balaban J connectivity index is 1.69. The molecule has 2 aromatic carbocycles. The van der Waals surface area contributed by atoms with Gasteiger partial charge in [-0.3, -0.25) is 4.79 Å². The van der Waals surface area contributed by atoms with E-state index in [-0.39, 0.29) is 17.4 Å². The number of amides is 1. The van der Waals surface area contributed by atoms with Gasteiger partial charge in [-0.25, -0.2) is 4.39 Å². The minimum absolute atomic E-state index is 0.0870. The quantitative estimate of drug-likeness (QED) is 0.823. The van der Waals surface area contributed by atoms with E-state index in [2.05, 4.69) is 5.32 Å². The van der Waals surface area contributed by atoms with Crippen LogP contribution >= 0.6 is 0 Å². The first-order valence-electron chi connectivity index (χ1n) is 7.09. The van der Waals surface area contributed by atoms with Crippen molar-refractivity contribution in [3.05, 3.63) is 65.5 Å². The number of rotatable bonds is 3. The molecule has 0 spiro atoms. The third-order valence-electron chi connectivity index (χ3n) is 3.89. The number of hydrogen-bond donors (Lipinski definition) is 1. The number of benzene rings is 2. The van der Waals surface area contributed by atoms with Crippen molar-refractivity contribution in [2.24, 2.45) is 5.92 Å². The fourth-order valence-electron chi connectivity index (χ4n) is 2.61. The molecule has 0 heterocycles. The highest BCUT2D eigenvalue weighted by atomic mass is 19.4. The molecule has 0 saturated heterocycles. The fourth-order valence-corrected chi connectivity index (χ4v) is 2.61. The average molecular weight is 323 g/mol. The number of anilines is 1. The van der Waals surface area contributed by atoms with Crippen molar-refractivity contribution in [2.45, 2.75) is 18.5 Å². The molecule has 23 heavy (non-hydrogen) atoms. The van der Waals surface area contributed by atoms with E-state index in [1.807, 2.05) is 0 Å². The highest BCUT2D eigenvalue weighted by molar-refractivity contribution is 5.95. The highest BCUT2D eigenvalue weighted by Gasteiger charge is 2.45. The zero-order valence-electron chi connectivity index (χ0n) is 11.9. The summed E-state index contributed by atoms with van der Waals surface area (Å²) in [5.41, 5.74) is -0.266. The minimum Gasteiger partial charge on any atom is -0.326 e. The summed E-state index contributed by atoms with van der Waals surface area (Å²) in [5, 5.41) is 2.47. The van der Waals surface area contributed by atoms with Crippen molar-refractivity contribution in [3.63, 3.8) is 0 Å². The lowest BCUT2D eigenvalue weighted by Crippen LogP contribution is -2.15. The number of carbonyl (C=O) groups excluding carboxylic acids is 1. The molecule has 6 heteroatoms. The van der Waals surface area contributed by atoms with Crippen LogP contribution in [0.15, 0.2) is 48.5 Å². The van der Waals surface area contributed by atoms with Crippen LogP contribution in [0.2, 0.25) is 0 Å². The van der Waals surface area contributed by atoms with Gasteiger partial charge in [-0.2, -0.15) is 13.2 Å². The summed E-state index contributed by atoms with van der Waals surface area (Å²) >= 11 is 0. The maximum Gasteiger partial charge on any atom is 0.416 e. The standard InChI is InChI=1S/C17H13F4NO/c18-15-7-2-1-6-12(15)13-9-14(13)16(23)22-11-5-3-4-10(8-11)17(19,20)21/h1-8,13-14H,9H2,(H,22,23). The van der Waals surface area contributed by atoms with Gasteiger partial charge in [0.25, 0.3) is 0 Å². The molecule has 1 amide bonds. The zero-order valence-corrected chi connectivity index (χ0v) is 11.9. The lowest BCUT2D eigenvalue weighted by Gasteiger charge is -2.10. The highest BCUT2D eigenvalue weighted by Crippen LogP contribution is 2.48. The first kappa shape index (κ1) is 15.5. The summed E-state index contributed by atoms with van der Waals surface area (Å²) in [6, 6.07) is 10.7. The first-order valence-corrected chi connectivity index (χ1v) is 7.09. The molecule has 1 N–H and O–H groups in total. The summed E-state index contributed by atoms with van der Waals surface area (Å²) < 4.78 is 51.6. The van der Waals surface area contributed by atoms with E-state index in [1.165, 1.54) is 18.2 Å². The van der Waals surface area contributed by atoms with Crippen molar-refractivity contribution in [2.75, 3.05) is 5.32 Å². The molecular weight excluding hydrogens is 310 g/mol. The maximum atomic E-state index is 13.7. The second-order valence-electron chi connectivity index (χ2n) is 5.54. The molecule has 1 fully saturated rings. The fraction of sp³-hybridized carbons (Fsp3) is 0.235. The summed E-state index contributed by atoms with van der Waals surface area (Å²) in [6.45, 7) is 0. The van der Waals surface area contributed by atoms with E-state index in [4.69, 9.17) is 0 Å². The normalized spacial score (nSPS) is 20.2. The topological polar surface area (TPSA) is 29.1 Å². The molecule has 0 aromatic heterocycles. The molecule has 1 saturated carbocycles. The van der Waals surface area contributed by atoms with E-state index < -0.39 is 23.6 Å². The van der Waals surface area contributed by atoms with Gasteiger partial charge >= 0.3 is 6.18 Å². The van der Waals surface area contributed by atoms with Crippen LogP contribution in [0.4, 0.5) is 23.2 Å². The Hall–Kier alpha value is -2.37. The van der Waals surface area contributed by atoms with Crippen LogP contribution in [0, 0.1) is 11.7 Å². The Labute approximate surface area is 130 Å². The van der Waals surface area contributed by atoms with Gasteiger partial charge in [0.05, 0.1) is 5.56 Å². The second-order valence-corrected chi connectivity index (χ2v) is 5.54. The molecule has 2 unspecified atom stereocenters. The predicted molar refractivity (Wildman–Crippen MR) is 77.3 cm³/mol. The average Bonchev–Trinajstić information content (AvgIpc) is 3.27.